The predicted molar refractivity (Wildman–Crippen MR) is 131 cm³/mol. The first kappa shape index (κ1) is 20.8. The molecule has 0 radical (unpaired) electrons. The van der Waals surface area contributed by atoms with Gasteiger partial charge in [0.1, 0.15) is 10.7 Å². The van der Waals surface area contributed by atoms with Crippen LogP contribution in [0.1, 0.15) is 22.4 Å². The lowest BCUT2D eigenvalue weighted by Gasteiger charge is -2.09. The summed E-state index contributed by atoms with van der Waals surface area (Å²) in [6, 6.07) is 11.6. The number of rotatable bonds is 6. The van der Waals surface area contributed by atoms with Crippen molar-refractivity contribution >= 4 is 53.1 Å². The zero-order valence-corrected chi connectivity index (χ0v) is 18.4. The average molecular weight is 447 g/mol. The maximum absolute atomic E-state index is 6.43. The van der Waals surface area contributed by atoms with Gasteiger partial charge in [0.05, 0.1) is 28.8 Å². The van der Waals surface area contributed by atoms with E-state index in [-0.39, 0.29) is 0 Å². The largest absolute Gasteiger partial charge is 0.379 e. The number of aromatic nitrogens is 4. The average Bonchev–Trinajstić information content (AvgIpc) is 3.20. The zero-order chi connectivity index (χ0) is 22.0. The van der Waals surface area contributed by atoms with Crippen molar-refractivity contribution in [3.63, 3.8) is 0 Å². The molecule has 6 nitrogen and oxygen atoms in total. The van der Waals surface area contributed by atoms with E-state index in [2.05, 4.69) is 33.6 Å². The summed E-state index contributed by atoms with van der Waals surface area (Å²) in [5, 5.41) is 8.24. The van der Waals surface area contributed by atoms with E-state index in [1.807, 2.05) is 36.4 Å². The highest BCUT2D eigenvalue weighted by Gasteiger charge is 2.12. The molecule has 0 saturated carbocycles. The van der Waals surface area contributed by atoms with Crippen LogP contribution in [0, 0.1) is 0 Å². The van der Waals surface area contributed by atoms with E-state index in [1.165, 1.54) is 0 Å². The number of nitrogens with zero attached hydrogens (tertiary/aromatic N) is 5. The molecule has 154 valence electrons. The lowest BCUT2D eigenvalue weighted by molar-refractivity contribution is 0.854. The lowest BCUT2D eigenvalue weighted by atomic mass is 10.0. The predicted octanol–water partition coefficient (Wildman–Crippen LogP) is 4.91. The van der Waals surface area contributed by atoms with Gasteiger partial charge >= 0.3 is 0 Å². The summed E-state index contributed by atoms with van der Waals surface area (Å²) in [4.78, 5) is 13.4. The molecule has 2 heterocycles. The molecule has 0 atom stereocenters. The van der Waals surface area contributed by atoms with Crippen LogP contribution in [0.25, 0.3) is 23.1 Å². The number of benzene rings is 2. The molecule has 4 rings (SSSR count). The number of fused-ring (bicyclic) bond motifs is 1. The summed E-state index contributed by atoms with van der Waals surface area (Å²) in [5.74, 6) is 0.533. The third-order valence-corrected chi connectivity index (χ3v) is 5.64. The summed E-state index contributed by atoms with van der Waals surface area (Å²) in [6.07, 6.45) is 5.88. The SMILES string of the molecule is C=Cc1cc(Cc2cnc3ncc(-c4ccc(C(=S)NC)c(Cl)c4)nn23)ccc1N=C. The van der Waals surface area contributed by atoms with E-state index in [9.17, 15) is 0 Å². The monoisotopic (exact) mass is 446 g/mol. The first-order valence-corrected chi connectivity index (χ1v) is 10.3. The molecule has 0 amide bonds. The van der Waals surface area contributed by atoms with Crippen molar-refractivity contribution in [2.45, 2.75) is 6.42 Å². The second-order valence-corrected chi connectivity index (χ2v) is 7.63. The second kappa shape index (κ2) is 8.75. The molecular weight excluding hydrogens is 428 g/mol. The Hall–Kier alpha value is -3.42. The summed E-state index contributed by atoms with van der Waals surface area (Å²) >= 11 is 11.7. The van der Waals surface area contributed by atoms with Gasteiger partial charge in [-0.05, 0) is 42.1 Å². The van der Waals surface area contributed by atoms with Crippen LogP contribution in [0.3, 0.4) is 0 Å². The summed E-state index contributed by atoms with van der Waals surface area (Å²) in [6.45, 7) is 7.45. The number of hydrogen-bond donors (Lipinski definition) is 1. The maximum atomic E-state index is 6.43. The molecular formula is C23H19ClN6S. The highest BCUT2D eigenvalue weighted by Crippen LogP contribution is 2.26. The Balaban J connectivity index is 1.70. The highest BCUT2D eigenvalue weighted by atomic mass is 35.5. The van der Waals surface area contributed by atoms with Crippen molar-refractivity contribution in [3.8, 4) is 11.3 Å². The molecule has 0 bridgehead atoms. The quantitative estimate of drug-likeness (QED) is 0.337. The smallest absolute Gasteiger partial charge is 0.250 e. The van der Waals surface area contributed by atoms with Crippen LogP contribution in [-0.2, 0) is 6.42 Å². The lowest BCUT2D eigenvalue weighted by Crippen LogP contribution is -2.16. The van der Waals surface area contributed by atoms with E-state index in [4.69, 9.17) is 28.9 Å². The molecule has 0 unspecified atom stereocenters. The van der Waals surface area contributed by atoms with E-state index in [0.717, 1.165) is 33.6 Å². The number of thiocarbonyl (C=S) groups is 1. The Bertz CT molecular complexity index is 1330. The van der Waals surface area contributed by atoms with Gasteiger partial charge in [-0.3, -0.25) is 4.99 Å². The van der Waals surface area contributed by atoms with Gasteiger partial charge in [0.2, 0.25) is 0 Å². The van der Waals surface area contributed by atoms with Crippen molar-refractivity contribution in [1.29, 1.82) is 0 Å². The third kappa shape index (κ3) is 4.10. The minimum absolute atomic E-state index is 0.533. The Labute approximate surface area is 190 Å². The van der Waals surface area contributed by atoms with Gasteiger partial charge in [0.15, 0.2) is 0 Å². The van der Waals surface area contributed by atoms with Gasteiger partial charge in [-0.15, -0.1) is 0 Å². The van der Waals surface area contributed by atoms with Gasteiger partial charge in [-0.1, -0.05) is 48.6 Å². The number of halogens is 1. The fraction of sp³-hybridized carbons (Fsp3) is 0.0870. The molecule has 0 fully saturated rings. The maximum Gasteiger partial charge on any atom is 0.250 e. The minimum atomic E-state index is 0.533. The summed E-state index contributed by atoms with van der Waals surface area (Å²) < 4.78 is 1.75. The number of hydrogen-bond acceptors (Lipinski definition) is 5. The van der Waals surface area contributed by atoms with Gasteiger partial charge in [-0.25, -0.2) is 14.5 Å². The topological polar surface area (TPSA) is 67.5 Å². The van der Waals surface area contributed by atoms with E-state index in [0.29, 0.717) is 27.9 Å². The molecule has 0 aliphatic heterocycles. The van der Waals surface area contributed by atoms with Gasteiger partial charge in [-0.2, -0.15) is 5.10 Å². The van der Waals surface area contributed by atoms with Crippen molar-refractivity contribution in [2.24, 2.45) is 4.99 Å². The van der Waals surface area contributed by atoms with Gasteiger partial charge in [0, 0.05) is 24.6 Å². The number of aliphatic imine (C=N–C) groups is 1. The van der Waals surface area contributed by atoms with Gasteiger partial charge < -0.3 is 5.32 Å². The minimum Gasteiger partial charge on any atom is -0.379 e. The molecule has 4 aromatic rings. The second-order valence-electron chi connectivity index (χ2n) is 6.81. The van der Waals surface area contributed by atoms with E-state index in [1.54, 1.807) is 30.0 Å². The molecule has 8 heteroatoms. The van der Waals surface area contributed by atoms with Crippen molar-refractivity contribution < 1.29 is 0 Å². The Morgan fingerprint density at radius 2 is 2.03 bits per heavy atom. The molecule has 2 aromatic carbocycles. The standard InChI is InChI=1S/C23H19ClN6S/c1-4-15-9-14(5-8-20(15)25-2)10-17-12-27-23-28-13-21(29-30(17)23)16-6-7-18(19(24)11-16)22(31)26-3/h4-9,11-13H,1-2,10H2,3H3,(H,26,31). The fourth-order valence-corrected chi connectivity index (χ4v) is 3.81. The first-order valence-electron chi connectivity index (χ1n) is 9.47. The Morgan fingerprint density at radius 3 is 2.74 bits per heavy atom. The number of nitrogens with one attached hydrogen (secondary N) is 1. The van der Waals surface area contributed by atoms with Crippen LogP contribution < -0.4 is 5.32 Å². The molecule has 0 spiro atoms. The Morgan fingerprint density at radius 1 is 1.23 bits per heavy atom. The molecule has 0 aliphatic rings. The van der Waals surface area contributed by atoms with Crippen LogP contribution in [0.5, 0.6) is 0 Å². The highest BCUT2D eigenvalue weighted by molar-refractivity contribution is 7.80. The van der Waals surface area contributed by atoms with Crippen molar-refractivity contribution in [1.82, 2.24) is 24.9 Å². The fourth-order valence-electron chi connectivity index (χ4n) is 3.30. The summed E-state index contributed by atoms with van der Waals surface area (Å²) in [7, 11) is 1.77. The molecule has 2 aromatic heterocycles. The number of imidazole rings is 1. The first-order chi connectivity index (χ1) is 15.0. The zero-order valence-electron chi connectivity index (χ0n) is 16.8. The van der Waals surface area contributed by atoms with Crippen molar-refractivity contribution in [3.05, 3.63) is 82.8 Å². The molecule has 0 aliphatic carbocycles. The molecule has 0 saturated heterocycles. The third-order valence-electron chi connectivity index (χ3n) is 4.90. The van der Waals surface area contributed by atoms with Crippen LogP contribution in [0.2, 0.25) is 5.02 Å². The molecule has 1 N–H and O–H groups in total. The van der Waals surface area contributed by atoms with Crippen LogP contribution in [0.15, 0.2) is 60.4 Å². The molecule has 31 heavy (non-hydrogen) atoms. The Kier molecular flexibility index (Phi) is 5.88. The van der Waals surface area contributed by atoms with Crippen molar-refractivity contribution in [2.75, 3.05) is 7.05 Å². The van der Waals surface area contributed by atoms with Crippen LogP contribution in [0.4, 0.5) is 5.69 Å². The normalized spacial score (nSPS) is 10.8. The summed E-state index contributed by atoms with van der Waals surface area (Å²) in [5.41, 5.74) is 6.04. The van der Waals surface area contributed by atoms with Crippen LogP contribution >= 0.6 is 23.8 Å². The van der Waals surface area contributed by atoms with Gasteiger partial charge in [0.25, 0.3) is 5.78 Å². The van der Waals surface area contributed by atoms with E-state index < -0.39 is 0 Å². The van der Waals surface area contributed by atoms with Crippen LogP contribution in [-0.4, -0.2) is 38.3 Å². The van der Waals surface area contributed by atoms with E-state index >= 15 is 0 Å².